The fourth-order valence-electron chi connectivity index (χ4n) is 2.76. The Balaban J connectivity index is 1.93. The summed E-state index contributed by atoms with van der Waals surface area (Å²) in [7, 11) is 0. The van der Waals surface area contributed by atoms with E-state index in [2.05, 4.69) is 16.8 Å². The predicted octanol–water partition coefficient (Wildman–Crippen LogP) is 5.04. The number of aryl methyl sites for hydroxylation is 1. The Morgan fingerprint density at radius 3 is 2.70 bits per heavy atom. The minimum absolute atomic E-state index is 0.298. The molecule has 0 amide bonds. The van der Waals surface area contributed by atoms with Gasteiger partial charge in [-0.05, 0) is 48.9 Å². The highest BCUT2D eigenvalue weighted by Crippen LogP contribution is 2.38. The second-order valence-corrected chi connectivity index (χ2v) is 7.83. The normalized spacial score (nSPS) is 11.8. The number of hydrogen-bond acceptors (Lipinski definition) is 6. The number of benzene rings is 2. The molecule has 1 heterocycles. The van der Waals surface area contributed by atoms with Gasteiger partial charge in [0.2, 0.25) is 6.54 Å². The number of nitro groups is 1. The second-order valence-electron chi connectivity index (χ2n) is 6.25. The molecule has 0 saturated heterocycles. The molecule has 1 aromatic heterocycles. The van der Waals surface area contributed by atoms with Crippen LogP contribution >= 0.6 is 23.4 Å². The molecule has 0 fully saturated rings. The van der Waals surface area contributed by atoms with Crippen LogP contribution in [0, 0.1) is 22.9 Å². The van der Waals surface area contributed by atoms with Crippen molar-refractivity contribution in [3.05, 3.63) is 87.5 Å². The number of rotatable bonds is 9. The molecule has 0 saturated carbocycles. The first-order valence-electron chi connectivity index (χ1n) is 8.88. The average molecular weight is 449 g/mol. The zero-order valence-electron chi connectivity index (χ0n) is 16.0. The first kappa shape index (κ1) is 21.8. The molecule has 3 aromatic rings. The molecule has 2 aromatic carbocycles. The highest BCUT2D eigenvalue weighted by atomic mass is 35.5. The second kappa shape index (κ2) is 9.73. The third-order valence-corrected chi connectivity index (χ3v) is 5.60. The van der Waals surface area contributed by atoms with Crippen molar-refractivity contribution < 1.29 is 14.1 Å². The van der Waals surface area contributed by atoms with Crippen molar-refractivity contribution in [2.75, 3.05) is 13.2 Å². The van der Waals surface area contributed by atoms with Crippen LogP contribution in [0.25, 0.3) is 5.69 Å². The summed E-state index contributed by atoms with van der Waals surface area (Å²) < 4.78 is 20.5. The summed E-state index contributed by atoms with van der Waals surface area (Å²) in [6.07, 6.45) is 1.60. The summed E-state index contributed by atoms with van der Waals surface area (Å²) in [5.41, 5.74) is 1.31. The van der Waals surface area contributed by atoms with Crippen LogP contribution in [0.15, 0.2) is 60.3 Å². The van der Waals surface area contributed by atoms with Crippen molar-refractivity contribution in [2.45, 2.75) is 17.3 Å². The zero-order valence-corrected chi connectivity index (χ0v) is 17.6. The van der Waals surface area contributed by atoms with Crippen molar-refractivity contribution >= 4 is 23.4 Å². The Morgan fingerprint density at radius 1 is 1.33 bits per heavy atom. The molecule has 7 nitrogen and oxygen atoms in total. The summed E-state index contributed by atoms with van der Waals surface area (Å²) in [6.45, 7) is 5.30. The van der Waals surface area contributed by atoms with Crippen LogP contribution in [0.1, 0.15) is 16.6 Å². The van der Waals surface area contributed by atoms with Gasteiger partial charge in [-0.2, -0.15) is 0 Å². The van der Waals surface area contributed by atoms with Gasteiger partial charge in [-0.3, -0.25) is 14.7 Å². The van der Waals surface area contributed by atoms with Crippen LogP contribution in [0.3, 0.4) is 0 Å². The van der Waals surface area contributed by atoms with Gasteiger partial charge in [0.25, 0.3) is 0 Å². The van der Waals surface area contributed by atoms with Crippen LogP contribution in [-0.2, 0) is 0 Å². The maximum Gasteiger partial charge on any atom is 0.220 e. The van der Waals surface area contributed by atoms with Crippen molar-refractivity contribution in [3.63, 3.8) is 0 Å². The van der Waals surface area contributed by atoms with E-state index in [1.54, 1.807) is 47.9 Å². The predicted molar refractivity (Wildman–Crippen MR) is 114 cm³/mol. The van der Waals surface area contributed by atoms with Crippen molar-refractivity contribution in [1.29, 1.82) is 0 Å². The Bertz CT molecular complexity index is 1060. The van der Waals surface area contributed by atoms with E-state index < -0.39 is 5.25 Å². The van der Waals surface area contributed by atoms with Crippen LogP contribution in [0.4, 0.5) is 4.39 Å². The van der Waals surface area contributed by atoms with Crippen molar-refractivity contribution in [2.24, 2.45) is 0 Å². The lowest BCUT2D eigenvalue weighted by atomic mass is 10.1. The molecule has 10 heteroatoms. The largest absolute Gasteiger partial charge is 0.488 e. The fourth-order valence-corrected chi connectivity index (χ4v) is 4.17. The number of halogens is 2. The number of aromatic nitrogens is 3. The molecular weight excluding hydrogens is 431 g/mol. The summed E-state index contributed by atoms with van der Waals surface area (Å²) in [6, 6.07) is 10.9. The quantitative estimate of drug-likeness (QED) is 0.197. The van der Waals surface area contributed by atoms with Crippen molar-refractivity contribution in [3.8, 4) is 11.4 Å². The lowest BCUT2D eigenvalue weighted by Gasteiger charge is -2.15. The molecular formula is C20H18ClFN4O3S. The van der Waals surface area contributed by atoms with E-state index in [0.29, 0.717) is 39.6 Å². The smallest absolute Gasteiger partial charge is 0.220 e. The number of nitrogens with zero attached hydrogens (tertiary/aromatic N) is 4. The molecule has 0 unspecified atom stereocenters. The number of thioether (sulfide) groups is 1. The van der Waals surface area contributed by atoms with E-state index in [-0.39, 0.29) is 17.3 Å². The molecule has 30 heavy (non-hydrogen) atoms. The molecule has 0 aliphatic heterocycles. The standard InChI is InChI=1S/C20H18ClFN4O3S/c1-3-10-29-18-9-4-14(11-17(18)21)19(12-25(27)28)30-20-24-23-13(2)26(20)16-7-5-15(22)6-8-16/h3-9,11,19H,1,10,12H2,2H3/t19-/m1/s1. The molecule has 1 atom stereocenters. The Kier molecular flexibility index (Phi) is 7.07. The SMILES string of the molecule is C=CCOc1ccc([C@@H](C[N+](=O)[O-])Sc2nnc(C)n2-c2ccc(F)cc2)cc1Cl. The molecule has 156 valence electrons. The Labute approximate surface area is 181 Å². The Hall–Kier alpha value is -2.91. The molecule has 3 rings (SSSR count). The fraction of sp³-hybridized carbons (Fsp3) is 0.200. The topological polar surface area (TPSA) is 83.1 Å². The molecule has 0 N–H and O–H groups in total. The van der Waals surface area contributed by atoms with E-state index in [4.69, 9.17) is 16.3 Å². The Morgan fingerprint density at radius 2 is 2.07 bits per heavy atom. The van der Waals surface area contributed by atoms with E-state index in [9.17, 15) is 14.5 Å². The highest BCUT2D eigenvalue weighted by Gasteiger charge is 2.24. The zero-order chi connectivity index (χ0) is 21.7. The van der Waals surface area contributed by atoms with E-state index in [0.717, 1.165) is 0 Å². The molecule has 0 spiro atoms. The number of hydrogen-bond donors (Lipinski definition) is 0. The lowest BCUT2D eigenvalue weighted by Crippen LogP contribution is -2.11. The van der Waals surface area contributed by atoms with E-state index >= 15 is 0 Å². The summed E-state index contributed by atoms with van der Waals surface area (Å²) >= 11 is 7.48. The first-order chi connectivity index (χ1) is 14.4. The third-order valence-electron chi connectivity index (χ3n) is 4.13. The summed E-state index contributed by atoms with van der Waals surface area (Å²) in [5, 5.41) is 19.8. The maximum absolute atomic E-state index is 13.3. The minimum Gasteiger partial charge on any atom is -0.488 e. The van der Waals surface area contributed by atoms with Crippen LogP contribution in [0.5, 0.6) is 5.75 Å². The molecule has 0 aliphatic rings. The van der Waals surface area contributed by atoms with Gasteiger partial charge in [0, 0.05) is 10.6 Å². The van der Waals surface area contributed by atoms with Crippen LogP contribution in [-0.4, -0.2) is 32.8 Å². The number of ether oxygens (including phenoxy) is 1. The average Bonchev–Trinajstić information content (AvgIpc) is 3.07. The van der Waals surface area contributed by atoms with Crippen molar-refractivity contribution in [1.82, 2.24) is 14.8 Å². The molecule has 0 bridgehead atoms. The summed E-state index contributed by atoms with van der Waals surface area (Å²) in [5.74, 6) is 0.684. The van der Waals surface area contributed by atoms with Gasteiger partial charge in [0.05, 0.1) is 5.02 Å². The maximum atomic E-state index is 13.3. The van der Waals surface area contributed by atoms with E-state index in [1.807, 2.05) is 0 Å². The third kappa shape index (κ3) is 5.17. The van der Waals surface area contributed by atoms with Gasteiger partial charge in [0.1, 0.15) is 29.2 Å². The van der Waals surface area contributed by atoms with Gasteiger partial charge < -0.3 is 4.74 Å². The van der Waals surface area contributed by atoms with Gasteiger partial charge in [-0.15, -0.1) is 10.2 Å². The van der Waals surface area contributed by atoms with Gasteiger partial charge in [-0.1, -0.05) is 42.1 Å². The first-order valence-corrected chi connectivity index (χ1v) is 10.1. The van der Waals surface area contributed by atoms with Crippen LogP contribution < -0.4 is 4.74 Å². The highest BCUT2D eigenvalue weighted by molar-refractivity contribution is 7.99. The lowest BCUT2D eigenvalue weighted by molar-refractivity contribution is -0.479. The molecule has 0 aliphatic carbocycles. The van der Waals surface area contributed by atoms with Gasteiger partial charge >= 0.3 is 0 Å². The molecule has 0 radical (unpaired) electrons. The monoisotopic (exact) mass is 448 g/mol. The van der Waals surface area contributed by atoms with Gasteiger partial charge in [-0.25, -0.2) is 4.39 Å². The van der Waals surface area contributed by atoms with E-state index in [1.165, 1.54) is 23.9 Å². The van der Waals surface area contributed by atoms with Gasteiger partial charge in [0.15, 0.2) is 5.16 Å². The van der Waals surface area contributed by atoms with Crippen LogP contribution in [0.2, 0.25) is 5.02 Å². The summed E-state index contributed by atoms with van der Waals surface area (Å²) in [4.78, 5) is 10.9. The minimum atomic E-state index is -0.575.